The third-order valence-electron chi connectivity index (χ3n) is 6.51. The van der Waals surface area contributed by atoms with Crippen LogP contribution >= 0.6 is 0 Å². The molecule has 1 aromatic carbocycles. The van der Waals surface area contributed by atoms with Crippen molar-refractivity contribution in [3.63, 3.8) is 0 Å². The van der Waals surface area contributed by atoms with Crippen molar-refractivity contribution in [1.29, 1.82) is 0 Å². The maximum atomic E-state index is 3.76. The largest absolute Gasteiger partial charge is 0.364 e. The van der Waals surface area contributed by atoms with Gasteiger partial charge in [0.05, 0.1) is 17.5 Å². The van der Waals surface area contributed by atoms with Gasteiger partial charge in [-0.2, -0.15) is 0 Å². The first kappa shape index (κ1) is 17.2. The number of rotatable bonds is 6. The first-order valence-electron chi connectivity index (χ1n) is 10.3. The number of fused-ring (bicyclic) bond motifs is 1. The molecule has 0 saturated heterocycles. The highest BCUT2D eigenvalue weighted by Crippen LogP contribution is 2.40. The molecule has 1 heterocycles. The minimum Gasteiger partial charge on any atom is -0.364 e. The highest BCUT2D eigenvalue weighted by molar-refractivity contribution is 5.76. The molecule has 0 spiro atoms. The Bertz CT molecular complexity index is 608. The van der Waals surface area contributed by atoms with E-state index in [1.807, 2.05) is 0 Å². The van der Waals surface area contributed by atoms with Gasteiger partial charge in [0.25, 0.3) is 0 Å². The van der Waals surface area contributed by atoms with Gasteiger partial charge >= 0.3 is 0 Å². The summed E-state index contributed by atoms with van der Waals surface area (Å²) < 4.78 is 0. The summed E-state index contributed by atoms with van der Waals surface area (Å²) in [5.74, 6) is 1.94. The molecule has 3 nitrogen and oxygen atoms in total. The Morgan fingerprint density at radius 1 is 1.12 bits per heavy atom. The van der Waals surface area contributed by atoms with Crippen LogP contribution in [0.5, 0.6) is 0 Å². The number of hydrogen-bond acceptors (Lipinski definition) is 3. The first-order chi connectivity index (χ1) is 11.9. The van der Waals surface area contributed by atoms with Gasteiger partial charge in [-0.05, 0) is 80.0 Å². The van der Waals surface area contributed by atoms with E-state index in [2.05, 4.69) is 61.6 Å². The quantitative estimate of drug-likeness (QED) is 0.783. The lowest BCUT2D eigenvalue weighted by atomic mass is 9.77. The molecule has 2 aliphatic carbocycles. The van der Waals surface area contributed by atoms with Crippen LogP contribution in [0.25, 0.3) is 0 Å². The topological polar surface area (TPSA) is 27.3 Å². The van der Waals surface area contributed by atoms with Crippen LogP contribution < -0.4 is 15.5 Å². The molecule has 1 unspecified atom stereocenters. The summed E-state index contributed by atoms with van der Waals surface area (Å²) in [7, 11) is 2.25. The second-order valence-corrected chi connectivity index (χ2v) is 9.72. The predicted octanol–water partition coefficient (Wildman–Crippen LogP) is 4.73. The van der Waals surface area contributed by atoms with Crippen molar-refractivity contribution in [2.24, 2.45) is 11.8 Å². The van der Waals surface area contributed by atoms with Crippen LogP contribution in [0.15, 0.2) is 18.2 Å². The molecule has 3 heteroatoms. The van der Waals surface area contributed by atoms with Crippen molar-refractivity contribution < 1.29 is 0 Å². The van der Waals surface area contributed by atoms with Gasteiger partial charge in [-0.1, -0.05) is 26.8 Å². The zero-order valence-corrected chi connectivity index (χ0v) is 16.4. The van der Waals surface area contributed by atoms with Gasteiger partial charge in [0.15, 0.2) is 0 Å². The Balaban J connectivity index is 1.25. The number of benzene rings is 1. The molecule has 1 aromatic rings. The van der Waals surface area contributed by atoms with E-state index in [1.54, 1.807) is 0 Å². The van der Waals surface area contributed by atoms with Crippen LogP contribution in [0.3, 0.4) is 0 Å². The van der Waals surface area contributed by atoms with Gasteiger partial charge in [0.2, 0.25) is 0 Å². The number of anilines is 2. The molecule has 4 rings (SSSR count). The van der Waals surface area contributed by atoms with Gasteiger partial charge in [0, 0.05) is 13.1 Å². The molecule has 0 amide bonds. The van der Waals surface area contributed by atoms with Crippen molar-refractivity contribution >= 4 is 11.4 Å². The van der Waals surface area contributed by atoms with Gasteiger partial charge in [-0.25, -0.2) is 0 Å². The van der Waals surface area contributed by atoms with Crippen LogP contribution in [0.4, 0.5) is 11.4 Å². The summed E-state index contributed by atoms with van der Waals surface area (Å²) in [6, 6.07) is 7.74. The summed E-state index contributed by atoms with van der Waals surface area (Å²) in [5.41, 5.74) is 4.31. The minimum atomic E-state index is 0.211. The molecule has 0 bridgehead atoms. The molecule has 1 aliphatic heterocycles. The van der Waals surface area contributed by atoms with Gasteiger partial charge < -0.3 is 15.5 Å². The number of hydrogen-bond donors (Lipinski definition) is 2. The van der Waals surface area contributed by atoms with Crippen molar-refractivity contribution in [3.05, 3.63) is 23.8 Å². The monoisotopic (exact) mass is 341 g/mol. The maximum Gasteiger partial charge on any atom is 0.0988 e. The first-order valence-corrected chi connectivity index (χ1v) is 10.3. The van der Waals surface area contributed by atoms with Crippen molar-refractivity contribution in [3.8, 4) is 0 Å². The average Bonchev–Trinajstić information content (AvgIpc) is 3.29. The van der Waals surface area contributed by atoms with E-state index in [9.17, 15) is 0 Å². The summed E-state index contributed by atoms with van der Waals surface area (Å²) in [5, 5.41) is 7.49. The van der Waals surface area contributed by atoms with Crippen LogP contribution in [0.1, 0.15) is 64.9 Å². The highest BCUT2D eigenvalue weighted by atomic mass is 15.3. The molecule has 0 radical (unpaired) electrons. The van der Waals surface area contributed by atoms with Crippen LogP contribution in [0, 0.1) is 11.8 Å². The predicted molar refractivity (Wildman–Crippen MR) is 107 cm³/mol. The van der Waals surface area contributed by atoms with E-state index in [0.717, 1.165) is 17.9 Å². The van der Waals surface area contributed by atoms with E-state index in [1.165, 1.54) is 62.0 Å². The zero-order valence-electron chi connectivity index (χ0n) is 16.4. The Morgan fingerprint density at radius 2 is 1.88 bits per heavy atom. The SMILES string of the molecule is CN1c2cc(C(C)(C)C)ccc2NC1CCC1CC(NCC2CC2)C1. The molecule has 0 aromatic heterocycles. The molecule has 138 valence electrons. The summed E-state index contributed by atoms with van der Waals surface area (Å²) >= 11 is 0. The lowest BCUT2D eigenvalue weighted by Gasteiger charge is -2.37. The van der Waals surface area contributed by atoms with E-state index in [4.69, 9.17) is 0 Å². The van der Waals surface area contributed by atoms with Crippen LogP contribution in [0.2, 0.25) is 0 Å². The smallest absolute Gasteiger partial charge is 0.0988 e. The second-order valence-electron chi connectivity index (χ2n) is 9.72. The molecule has 2 saturated carbocycles. The average molecular weight is 342 g/mol. The zero-order chi connectivity index (χ0) is 17.6. The summed E-state index contributed by atoms with van der Waals surface area (Å²) in [6.07, 6.45) is 8.76. The normalized spacial score (nSPS) is 28.5. The molecule has 3 aliphatic rings. The van der Waals surface area contributed by atoms with Gasteiger partial charge in [-0.3, -0.25) is 0 Å². The number of nitrogens with zero attached hydrogens (tertiary/aromatic N) is 1. The van der Waals surface area contributed by atoms with Crippen molar-refractivity contribution in [2.75, 3.05) is 23.8 Å². The molecular weight excluding hydrogens is 306 g/mol. The Hall–Kier alpha value is -1.22. The molecular formula is C22H35N3. The third kappa shape index (κ3) is 3.81. The Morgan fingerprint density at radius 3 is 2.56 bits per heavy atom. The fourth-order valence-electron chi connectivity index (χ4n) is 4.31. The molecule has 25 heavy (non-hydrogen) atoms. The van der Waals surface area contributed by atoms with E-state index < -0.39 is 0 Å². The second kappa shape index (κ2) is 6.50. The van der Waals surface area contributed by atoms with Crippen LogP contribution in [-0.2, 0) is 5.41 Å². The standard InChI is InChI=1S/C22H35N3/c1-22(2,3)17-8-9-19-20(13-17)25(4)21(24-19)10-7-16-11-18(12-16)23-14-15-5-6-15/h8-9,13,15-16,18,21,23-24H,5-7,10-12,14H2,1-4H3. The summed E-state index contributed by atoms with van der Waals surface area (Å²) in [6.45, 7) is 8.15. The Kier molecular flexibility index (Phi) is 4.47. The van der Waals surface area contributed by atoms with Crippen molar-refractivity contribution in [1.82, 2.24) is 5.32 Å². The summed E-state index contributed by atoms with van der Waals surface area (Å²) in [4.78, 5) is 2.45. The van der Waals surface area contributed by atoms with E-state index in [0.29, 0.717) is 6.17 Å². The Labute approximate surface area is 153 Å². The van der Waals surface area contributed by atoms with Crippen LogP contribution in [-0.4, -0.2) is 25.8 Å². The van der Waals surface area contributed by atoms with E-state index in [-0.39, 0.29) is 5.41 Å². The van der Waals surface area contributed by atoms with Gasteiger partial charge in [0.1, 0.15) is 0 Å². The lowest BCUT2D eigenvalue weighted by molar-refractivity contribution is 0.203. The number of nitrogens with one attached hydrogen (secondary N) is 2. The third-order valence-corrected chi connectivity index (χ3v) is 6.51. The van der Waals surface area contributed by atoms with Crippen molar-refractivity contribution in [2.45, 2.75) is 76.9 Å². The highest BCUT2D eigenvalue weighted by Gasteiger charge is 2.33. The fraction of sp³-hybridized carbons (Fsp3) is 0.727. The lowest BCUT2D eigenvalue weighted by Crippen LogP contribution is -2.43. The van der Waals surface area contributed by atoms with Gasteiger partial charge in [-0.15, -0.1) is 0 Å². The maximum absolute atomic E-state index is 3.76. The molecule has 1 atom stereocenters. The minimum absolute atomic E-state index is 0.211. The fourth-order valence-corrected chi connectivity index (χ4v) is 4.31. The molecule has 2 N–H and O–H groups in total. The molecule has 2 fully saturated rings. The van der Waals surface area contributed by atoms with E-state index >= 15 is 0 Å².